The largest absolute Gasteiger partial charge is 0.378 e. The van der Waals surface area contributed by atoms with Crippen LogP contribution in [-0.2, 0) is 4.74 Å². The Morgan fingerprint density at radius 1 is 1.23 bits per heavy atom. The van der Waals surface area contributed by atoms with E-state index in [9.17, 15) is 0 Å². The third-order valence-electron chi connectivity index (χ3n) is 4.74. The van der Waals surface area contributed by atoms with E-state index in [1.54, 1.807) is 0 Å². The Balaban J connectivity index is 2.13. The highest BCUT2D eigenvalue weighted by Gasteiger charge is 2.46. The Morgan fingerprint density at radius 2 is 1.77 bits per heavy atom. The molecule has 2 bridgehead atoms. The maximum absolute atomic E-state index is 5.76. The maximum Gasteiger partial charge on any atom is 0.0681 e. The van der Waals surface area contributed by atoms with Crippen molar-refractivity contribution < 1.29 is 4.74 Å². The van der Waals surface area contributed by atoms with Gasteiger partial charge >= 0.3 is 0 Å². The molecule has 2 unspecified atom stereocenters. The summed E-state index contributed by atoms with van der Waals surface area (Å²) < 4.78 is 5.76. The zero-order valence-electron chi connectivity index (χ0n) is 9.18. The maximum atomic E-state index is 5.76. The van der Waals surface area contributed by atoms with Gasteiger partial charge in [-0.3, -0.25) is 0 Å². The first-order valence-electron chi connectivity index (χ1n) is 5.76. The molecule has 0 amide bonds. The minimum Gasteiger partial charge on any atom is -0.378 e. The highest BCUT2D eigenvalue weighted by Crippen LogP contribution is 2.52. The van der Waals surface area contributed by atoms with E-state index in [0.29, 0.717) is 0 Å². The average Bonchev–Trinajstić information content (AvgIpc) is 2.43. The number of rotatable bonds is 2. The zero-order valence-corrected chi connectivity index (χ0v) is 9.18. The smallest absolute Gasteiger partial charge is 0.0681 e. The molecule has 0 aliphatic heterocycles. The van der Waals surface area contributed by atoms with Crippen molar-refractivity contribution in [2.45, 2.75) is 51.6 Å². The standard InChI is InChI=1S/C12H22O/c1-4-12(13-3)7-10-5-6-11(8-12)9(10)2/h9-11H,4-8H2,1-3H3. The lowest BCUT2D eigenvalue weighted by atomic mass is 9.70. The molecule has 0 aromatic rings. The monoisotopic (exact) mass is 182 g/mol. The molecule has 0 radical (unpaired) electrons. The fourth-order valence-electron chi connectivity index (χ4n) is 3.55. The lowest BCUT2D eigenvalue weighted by Gasteiger charge is -2.42. The third-order valence-corrected chi connectivity index (χ3v) is 4.74. The van der Waals surface area contributed by atoms with Gasteiger partial charge < -0.3 is 4.74 Å². The van der Waals surface area contributed by atoms with Crippen LogP contribution in [0.4, 0.5) is 0 Å². The molecule has 0 aromatic carbocycles. The minimum absolute atomic E-state index is 0.248. The lowest BCUT2D eigenvalue weighted by molar-refractivity contribution is -0.0742. The summed E-state index contributed by atoms with van der Waals surface area (Å²) in [5.41, 5.74) is 0.248. The molecule has 1 nitrogen and oxygen atoms in total. The Bertz CT molecular complexity index is 168. The topological polar surface area (TPSA) is 9.23 Å². The summed E-state index contributed by atoms with van der Waals surface area (Å²) in [6, 6.07) is 0. The van der Waals surface area contributed by atoms with Crippen LogP contribution in [-0.4, -0.2) is 12.7 Å². The van der Waals surface area contributed by atoms with E-state index in [2.05, 4.69) is 13.8 Å². The average molecular weight is 182 g/mol. The molecule has 0 N–H and O–H groups in total. The van der Waals surface area contributed by atoms with Gasteiger partial charge in [-0.05, 0) is 49.9 Å². The van der Waals surface area contributed by atoms with Gasteiger partial charge in [0.2, 0.25) is 0 Å². The van der Waals surface area contributed by atoms with Crippen molar-refractivity contribution in [3.63, 3.8) is 0 Å². The molecule has 0 aromatic heterocycles. The number of ether oxygens (including phenoxy) is 1. The summed E-state index contributed by atoms with van der Waals surface area (Å²) in [5, 5.41) is 0. The molecule has 13 heavy (non-hydrogen) atoms. The van der Waals surface area contributed by atoms with Gasteiger partial charge in [0.05, 0.1) is 5.60 Å². The normalized spacial score (nSPS) is 49.6. The number of hydrogen-bond donors (Lipinski definition) is 0. The quantitative estimate of drug-likeness (QED) is 0.637. The first kappa shape index (κ1) is 9.51. The lowest BCUT2D eigenvalue weighted by Crippen LogP contribution is -2.40. The SMILES string of the molecule is CCC1(OC)CC2CCC(C1)C2C. The Morgan fingerprint density at radius 3 is 2.15 bits per heavy atom. The Kier molecular flexibility index (Phi) is 2.39. The third kappa shape index (κ3) is 1.41. The van der Waals surface area contributed by atoms with Crippen LogP contribution in [0.5, 0.6) is 0 Å². The van der Waals surface area contributed by atoms with Crippen molar-refractivity contribution >= 4 is 0 Å². The van der Waals surface area contributed by atoms with Crippen molar-refractivity contribution in [2.75, 3.05) is 7.11 Å². The van der Waals surface area contributed by atoms with Gasteiger partial charge in [-0.1, -0.05) is 13.8 Å². The fourth-order valence-corrected chi connectivity index (χ4v) is 3.55. The first-order chi connectivity index (χ1) is 6.21. The Labute approximate surface area is 81.9 Å². The van der Waals surface area contributed by atoms with Gasteiger partial charge in [0.15, 0.2) is 0 Å². The minimum atomic E-state index is 0.248. The van der Waals surface area contributed by atoms with E-state index in [1.165, 1.54) is 32.1 Å². The van der Waals surface area contributed by atoms with E-state index in [0.717, 1.165) is 17.8 Å². The number of fused-ring (bicyclic) bond motifs is 2. The summed E-state index contributed by atoms with van der Waals surface area (Å²) in [5.74, 6) is 2.88. The van der Waals surface area contributed by atoms with E-state index >= 15 is 0 Å². The van der Waals surface area contributed by atoms with E-state index in [1.807, 2.05) is 7.11 Å². The predicted molar refractivity (Wildman–Crippen MR) is 54.6 cm³/mol. The predicted octanol–water partition coefficient (Wildman–Crippen LogP) is 3.24. The van der Waals surface area contributed by atoms with Gasteiger partial charge in [0, 0.05) is 7.11 Å². The Hall–Kier alpha value is -0.0400. The van der Waals surface area contributed by atoms with Crippen LogP contribution in [0.15, 0.2) is 0 Å². The van der Waals surface area contributed by atoms with Gasteiger partial charge in [0.25, 0.3) is 0 Å². The molecule has 2 atom stereocenters. The zero-order chi connectivity index (χ0) is 9.47. The molecule has 2 rings (SSSR count). The molecular formula is C12H22O. The van der Waals surface area contributed by atoms with Crippen LogP contribution in [0.2, 0.25) is 0 Å². The first-order valence-corrected chi connectivity index (χ1v) is 5.76. The number of methoxy groups -OCH3 is 1. The van der Waals surface area contributed by atoms with Crippen molar-refractivity contribution in [3.05, 3.63) is 0 Å². The summed E-state index contributed by atoms with van der Waals surface area (Å²) in [7, 11) is 1.90. The highest BCUT2D eigenvalue weighted by atomic mass is 16.5. The van der Waals surface area contributed by atoms with Crippen LogP contribution >= 0.6 is 0 Å². The second-order valence-electron chi connectivity index (χ2n) is 5.11. The van der Waals surface area contributed by atoms with Crippen LogP contribution in [0.1, 0.15) is 46.0 Å². The van der Waals surface area contributed by atoms with Crippen LogP contribution < -0.4 is 0 Å². The summed E-state index contributed by atoms with van der Waals surface area (Å²) in [6.45, 7) is 4.72. The van der Waals surface area contributed by atoms with Crippen molar-refractivity contribution in [3.8, 4) is 0 Å². The van der Waals surface area contributed by atoms with Gasteiger partial charge in [-0.2, -0.15) is 0 Å². The van der Waals surface area contributed by atoms with Crippen molar-refractivity contribution in [1.82, 2.24) is 0 Å². The molecule has 0 heterocycles. The molecule has 76 valence electrons. The van der Waals surface area contributed by atoms with Crippen molar-refractivity contribution in [2.24, 2.45) is 17.8 Å². The molecule has 1 heteroatoms. The van der Waals surface area contributed by atoms with Crippen molar-refractivity contribution in [1.29, 1.82) is 0 Å². The summed E-state index contributed by atoms with van der Waals surface area (Å²) in [6.07, 6.45) is 6.74. The van der Waals surface area contributed by atoms with Crippen LogP contribution in [0.3, 0.4) is 0 Å². The van der Waals surface area contributed by atoms with Gasteiger partial charge in [-0.25, -0.2) is 0 Å². The fraction of sp³-hybridized carbons (Fsp3) is 1.00. The molecule has 2 aliphatic carbocycles. The summed E-state index contributed by atoms with van der Waals surface area (Å²) >= 11 is 0. The molecule has 2 fully saturated rings. The second-order valence-corrected chi connectivity index (χ2v) is 5.11. The number of hydrogen-bond acceptors (Lipinski definition) is 1. The van der Waals surface area contributed by atoms with E-state index in [4.69, 9.17) is 4.74 Å². The molecule has 0 spiro atoms. The van der Waals surface area contributed by atoms with Crippen LogP contribution in [0.25, 0.3) is 0 Å². The highest BCUT2D eigenvalue weighted by molar-refractivity contribution is 4.98. The van der Waals surface area contributed by atoms with Crippen LogP contribution in [0, 0.1) is 17.8 Å². The molecular weight excluding hydrogens is 160 g/mol. The molecule has 2 saturated carbocycles. The van der Waals surface area contributed by atoms with E-state index in [-0.39, 0.29) is 5.60 Å². The van der Waals surface area contributed by atoms with E-state index < -0.39 is 0 Å². The second kappa shape index (κ2) is 3.27. The van der Waals surface area contributed by atoms with Gasteiger partial charge in [0.1, 0.15) is 0 Å². The molecule has 2 aliphatic rings. The summed E-state index contributed by atoms with van der Waals surface area (Å²) in [4.78, 5) is 0. The van der Waals surface area contributed by atoms with Gasteiger partial charge in [-0.15, -0.1) is 0 Å². The molecule has 0 saturated heterocycles.